The van der Waals surface area contributed by atoms with Crippen LogP contribution in [0.5, 0.6) is 0 Å². The molecule has 3 rings (SSSR count). The molecule has 0 aromatic heterocycles. The molecule has 0 aromatic rings. The zero-order valence-corrected chi connectivity index (χ0v) is 18.9. The lowest BCUT2D eigenvalue weighted by molar-refractivity contribution is 0.186. The van der Waals surface area contributed by atoms with Crippen molar-refractivity contribution in [2.24, 2.45) is 22.7 Å². The maximum atomic E-state index is 11.7. The predicted octanol–water partition coefficient (Wildman–Crippen LogP) is 2.19. The van der Waals surface area contributed by atoms with E-state index in [1.165, 1.54) is 25.7 Å². The van der Waals surface area contributed by atoms with Gasteiger partial charge >= 0.3 is 0 Å². The van der Waals surface area contributed by atoms with Crippen molar-refractivity contribution in [2.45, 2.75) is 51.5 Å². The summed E-state index contributed by atoms with van der Waals surface area (Å²) in [4.78, 5) is 4.75. The summed E-state index contributed by atoms with van der Waals surface area (Å²) in [5, 5.41) is 7.11. The molecular formula is C18H34IN3O3S. The van der Waals surface area contributed by atoms with Crippen LogP contribution in [0.2, 0.25) is 0 Å². The van der Waals surface area contributed by atoms with E-state index in [1.54, 1.807) is 0 Å². The van der Waals surface area contributed by atoms with Crippen LogP contribution in [-0.4, -0.2) is 58.2 Å². The molecule has 2 saturated heterocycles. The van der Waals surface area contributed by atoms with Crippen LogP contribution in [-0.2, 0) is 14.6 Å². The van der Waals surface area contributed by atoms with E-state index in [-0.39, 0.29) is 29.9 Å². The van der Waals surface area contributed by atoms with Gasteiger partial charge < -0.3 is 15.4 Å². The van der Waals surface area contributed by atoms with Crippen LogP contribution in [0.25, 0.3) is 0 Å². The third-order valence-corrected chi connectivity index (χ3v) is 7.69. The fourth-order valence-corrected chi connectivity index (χ4v) is 5.93. The number of halogens is 1. The van der Waals surface area contributed by atoms with Crippen LogP contribution in [0.3, 0.4) is 0 Å². The second-order valence-electron chi connectivity index (χ2n) is 8.08. The highest BCUT2D eigenvalue weighted by Crippen LogP contribution is 2.24. The number of hydrogen-bond donors (Lipinski definition) is 2. The van der Waals surface area contributed by atoms with Crippen molar-refractivity contribution in [3.8, 4) is 0 Å². The molecule has 2 N–H and O–H groups in total. The highest BCUT2D eigenvalue weighted by Gasteiger charge is 2.28. The van der Waals surface area contributed by atoms with Gasteiger partial charge in [0.25, 0.3) is 0 Å². The van der Waals surface area contributed by atoms with Crippen LogP contribution in [0.1, 0.15) is 45.4 Å². The van der Waals surface area contributed by atoms with Crippen molar-refractivity contribution in [3.05, 3.63) is 0 Å². The number of hydrogen-bond acceptors (Lipinski definition) is 4. The van der Waals surface area contributed by atoms with E-state index in [1.807, 2.05) is 0 Å². The Balaban J connectivity index is 0.00000243. The molecule has 26 heavy (non-hydrogen) atoms. The van der Waals surface area contributed by atoms with E-state index in [0.29, 0.717) is 35.9 Å². The van der Waals surface area contributed by atoms with Gasteiger partial charge in [-0.05, 0) is 37.5 Å². The van der Waals surface area contributed by atoms with Gasteiger partial charge in [0, 0.05) is 31.7 Å². The van der Waals surface area contributed by atoms with Gasteiger partial charge in [-0.1, -0.05) is 19.8 Å². The van der Waals surface area contributed by atoms with Gasteiger partial charge in [-0.15, -0.1) is 24.0 Å². The molecule has 0 amide bonds. The van der Waals surface area contributed by atoms with Crippen LogP contribution in [0, 0.1) is 17.8 Å². The van der Waals surface area contributed by atoms with E-state index in [2.05, 4.69) is 17.6 Å². The fourth-order valence-electron chi connectivity index (χ4n) is 4.08. The second kappa shape index (κ2) is 10.5. The summed E-state index contributed by atoms with van der Waals surface area (Å²) in [6.07, 6.45) is 6.89. The van der Waals surface area contributed by atoms with Crippen molar-refractivity contribution in [1.29, 1.82) is 0 Å². The molecule has 1 saturated carbocycles. The molecule has 152 valence electrons. The number of aliphatic imine (C=N–C) groups is 1. The average Bonchev–Trinajstić information content (AvgIpc) is 3.21. The molecule has 4 atom stereocenters. The molecule has 1 aliphatic carbocycles. The van der Waals surface area contributed by atoms with E-state index in [4.69, 9.17) is 9.73 Å². The molecule has 0 radical (unpaired) electrons. The highest BCUT2D eigenvalue weighted by molar-refractivity contribution is 14.0. The Kier molecular flexibility index (Phi) is 8.93. The normalized spacial score (nSPS) is 34.3. The topological polar surface area (TPSA) is 79.8 Å². The predicted molar refractivity (Wildman–Crippen MR) is 116 cm³/mol. The molecule has 0 bridgehead atoms. The van der Waals surface area contributed by atoms with E-state index in [9.17, 15) is 8.42 Å². The minimum absolute atomic E-state index is 0. The first-order valence-electron chi connectivity index (χ1n) is 9.85. The first kappa shape index (κ1) is 22.2. The molecular weight excluding hydrogens is 465 g/mol. The summed E-state index contributed by atoms with van der Waals surface area (Å²) in [5.74, 6) is 2.84. The van der Waals surface area contributed by atoms with Gasteiger partial charge in [0.05, 0.1) is 18.1 Å². The molecule has 3 aliphatic rings. The van der Waals surface area contributed by atoms with Gasteiger partial charge in [-0.25, -0.2) is 8.42 Å². The largest absolute Gasteiger partial charge is 0.381 e. The number of nitrogens with one attached hydrogen (secondary N) is 2. The molecule has 4 unspecified atom stereocenters. The summed E-state index contributed by atoms with van der Waals surface area (Å²) in [7, 11) is -2.83. The Hall–Kier alpha value is -0.0900. The van der Waals surface area contributed by atoms with Crippen LogP contribution >= 0.6 is 24.0 Å². The van der Waals surface area contributed by atoms with Gasteiger partial charge in [0.1, 0.15) is 0 Å². The smallest absolute Gasteiger partial charge is 0.191 e. The van der Waals surface area contributed by atoms with Gasteiger partial charge in [0.15, 0.2) is 15.8 Å². The van der Waals surface area contributed by atoms with Crippen molar-refractivity contribution in [3.63, 3.8) is 0 Å². The minimum atomic E-state index is -2.83. The summed E-state index contributed by atoms with van der Waals surface area (Å²) in [5.41, 5.74) is 0. The SMILES string of the molecule is CC1CCCCC1NC(=NCC1CCS(=O)(=O)C1)NCC1CCOC1.I. The molecule has 6 nitrogen and oxygen atoms in total. The van der Waals surface area contributed by atoms with Crippen LogP contribution in [0.4, 0.5) is 0 Å². The average molecular weight is 499 g/mol. The zero-order chi connectivity index (χ0) is 17.7. The molecule has 0 spiro atoms. The van der Waals surface area contributed by atoms with E-state index in [0.717, 1.165) is 38.6 Å². The quantitative estimate of drug-likeness (QED) is 0.345. The van der Waals surface area contributed by atoms with Crippen molar-refractivity contribution in [1.82, 2.24) is 10.6 Å². The molecule has 8 heteroatoms. The minimum Gasteiger partial charge on any atom is -0.381 e. The van der Waals surface area contributed by atoms with Crippen molar-refractivity contribution < 1.29 is 13.2 Å². The molecule has 2 heterocycles. The Bertz CT molecular complexity index is 564. The van der Waals surface area contributed by atoms with Crippen molar-refractivity contribution >= 4 is 39.8 Å². The summed E-state index contributed by atoms with van der Waals surface area (Å²) >= 11 is 0. The summed E-state index contributed by atoms with van der Waals surface area (Å²) < 4.78 is 28.8. The van der Waals surface area contributed by atoms with Gasteiger partial charge in [-0.2, -0.15) is 0 Å². The number of rotatable bonds is 5. The van der Waals surface area contributed by atoms with Crippen LogP contribution in [0.15, 0.2) is 4.99 Å². The van der Waals surface area contributed by atoms with Gasteiger partial charge in [0.2, 0.25) is 0 Å². The fraction of sp³-hybridized carbons (Fsp3) is 0.944. The third kappa shape index (κ3) is 6.82. The van der Waals surface area contributed by atoms with Gasteiger partial charge in [-0.3, -0.25) is 4.99 Å². The number of sulfone groups is 1. The Labute approximate surface area is 175 Å². The van der Waals surface area contributed by atoms with E-state index >= 15 is 0 Å². The lowest BCUT2D eigenvalue weighted by atomic mass is 9.86. The number of nitrogens with zero attached hydrogens (tertiary/aromatic N) is 1. The summed E-state index contributed by atoms with van der Waals surface area (Å²) in [6, 6.07) is 0.465. The highest BCUT2D eigenvalue weighted by atomic mass is 127. The maximum Gasteiger partial charge on any atom is 0.191 e. The van der Waals surface area contributed by atoms with E-state index < -0.39 is 9.84 Å². The molecule has 2 aliphatic heterocycles. The number of guanidine groups is 1. The monoisotopic (exact) mass is 499 g/mol. The first-order chi connectivity index (χ1) is 12.0. The Morgan fingerprint density at radius 1 is 1.15 bits per heavy atom. The lowest BCUT2D eigenvalue weighted by Crippen LogP contribution is -2.48. The second-order valence-corrected chi connectivity index (χ2v) is 10.3. The first-order valence-corrected chi connectivity index (χ1v) is 11.7. The van der Waals surface area contributed by atoms with Crippen molar-refractivity contribution in [2.75, 3.05) is 37.8 Å². The maximum absolute atomic E-state index is 11.7. The third-order valence-electron chi connectivity index (χ3n) is 5.85. The number of ether oxygens (including phenoxy) is 1. The molecule has 0 aromatic carbocycles. The lowest BCUT2D eigenvalue weighted by Gasteiger charge is -2.31. The molecule has 3 fully saturated rings. The Morgan fingerprint density at radius 3 is 2.62 bits per heavy atom. The zero-order valence-electron chi connectivity index (χ0n) is 15.8. The summed E-state index contributed by atoms with van der Waals surface area (Å²) in [6.45, 7) is 5.45. The van der Waals surface area contributed by atoms with Crippen LogP contribution < -0.4 is 10.6 Å². The standard InChI is InChI=1S/C18H33N3O3S.HI/c1-14-4-2-3-5-17(14)21-18(19-10-15-6-8-24-12-15)20-11-16-7-9-25(22,23)13-16;/h14-17H,2-13H2,1H3,(H2,19,20,21);1H. The Morgan fingerprint density at radius 2 is 1.96 bits per heavy atom.